The molecule has 0 aromatic heterocycles. The number of amides is 2. The van der Waals surface area contributed by atoms with Gasteiger partial charge in [-0.05, 0) is 43.9 Å². The second kappa shape index (κ2) is 8.68. The molecule has 2 atom stereocenters. The van der Waals surface area contributed by atoms with Gasteiger partial charge in [-0.25, -0.2) is 0 Å². The van der Waals surface area contributed by atoms with E-state index in [0.29, 0.717) is 13.2 Å². The molecule has 0 bridgehead atoms. The van der Waals surface area contributed by atoms with Crippen LogP contribution in [0.15, 0.2) is 24.3 Å². The number of piperidine rings is 1. The standard InChI is InChI=1S/C18H26N2O4/c1-13(24-12-14-6-5-8-16(10-14)23-2)18(22)20-9-4-3-7-15(20)11-17(19)21/h5-6,8,10,13,15H,3-4,7,9,11-12H2,1-2H3,(H2,19,21). The number of carbonyl (C=O) groups excluding carboxylic acids is 2. The van der Waals surface area contributed by atoms with Crippen LogP contribution in [0.3, 0.4) is 0 Å². The number of primary amides is 1. The van der Waals surface area contributed by atoms with E-state index in [0.717, 1.165) is 30.6 Å². The molecule has 0 spiro atoms. The summed E-state index contributed by atoms with van der Waals surface area (Å²) in [5.74, 6) is 0.307. The van der Waals surface area contributed by atoms with Crippen molar-refractivity contribution < 1.29 is 19.1 Å². The highest BCUT2D eigenvalue weighted by molar-refractivity contribution is 5.82. The van der Waals surface area contributed by atoms with Crippen LogP contribution in [0.1, 0.15) is 38.2 Å². The molecule has 132 valence electrons. The lowest BCUT2D eigenvalue weighted by Crippen LogP contribution is -2.49. The van der Waals surface area contributed by atoms with Crippen molar-refractivity contribution in [2.45, 2.75) is 51.4 Å². The summed E-state index contributed by atoms with van der Waals surface area (Å²) in [5, 5.41) is 0. The summed E-state index contributed by atoms with van der Waals surface area (Å²) >= 11 is 0. The average molecular weight is 334 g/mol. The largest absolute Gasteiger partial charge is 0.497 e. The van der Waals surface area contributed by atoms with E-state index in [9.17, 15) is 9.59 Å². The fraction of sp³-hybridized carbons (Fsp3) is 0.556. The van der Waals surface area contributed by atoms with Crippen LogP contribution < -0.4 is 10.5 Å². The second-order valence-electron chi connectivity index (χ2n) is 6.16. The number of hydrogen-bond acceptors (Lipinski definition) is 4. The molecule has 1 aliphatic heterocycles. The third-order valence-corrected chi connectivity index (χ3v) is 4.33. The molecule has 2 N–H and O–H groups in total. The van der Waals surface area contributed by atoms with E-state index in [2.05, 4.69) is 0 Å². The number of ether oxygens (including phenoxy) is 2. The highest BCUT2D eigenvalue weighted by atomic mass is 16.5. The van der Waals surface area contributed by atoms with Crippen molar-refractivity contribution in [2.24, 2.45) is 5.73 Å². The molecule has 2 rings (SSSR count). The zero-order chi connectivity index (χ0) is 17.5. The van der Waals surface area contributed by atoms with Crippen molar-refractivity contribution in [3.8, 4) is 5.75 Å². The van der Waals surface area contributed by atoms with Crippen LogP contribution in [0.25, 0.3) is 0 Å². The molecule has 2 amide bonds. The van der Waals surface area contributed by atoms with E-state index < -0.39 is 6.10 Å². The van der Waals surface area contributed by atoms with E-state index in [1.165, 1.54) is 0 Å². The zero-order valence-corrected chi connectivity index (χ0v) is 14.4. The van der Waals surface area contributed by atoms with E-state index in [4.69, 9.17) is 15.2 Å². The molecule has 2 unspecified atom stereocenters. The maximum absolute atomic E-state index is 12.7. The van der Waals surface area contributed by atoms with Crippen LogP contribution in [-0.4, -0.2) is 42.5 Å². The van der Waals surface area contributed by atoms with Crippen LogP contribution in [0, 0.1) is 0 Å². The summed E-state index contributed by atoms with van der Waals surface area (Å²) in [6.45, 7) is 2.74. The molecular weight excluding hydrogens is 308 g/mol. The number of likely N-dealkylation sites (tertiary alicyclic amines) is 1. The summed E-state index contributed by atoms with van der Waals surface area (Å²) < 4.78 is 10.9. The Balaban J connectivity index is 1.93. The van der Waals surface area contributed by atoms with Crippen molar-refractivity contribution in [3.63, 3.8) is 0 Å². The summed E-state index contributed by atoms with van der Waals surface area (Å²) in [6.07, 6.45) is 2.43. The Bertz CT molecular complexity index is 576. The Morgan fingerprint density at radius 1 is 1.38 bits per heavy atom. The Labute approximate surface area is 142 Å². The minimum Gasteiger partial charge on any atom is -0.497 e. The van der Waals surface area contributed by atoms with E-state index >= 15 is 0 Å². The molecule has 0 radical (unpaired) electrons. The van der Waals surface area contributed by atoms with Crippen LogP contribution >= 0.6 is 0 Å². The van der Waals surface area contributed by atoms with Crippen molar-refractivity contribution in [1.82, 2.24) is 4.90 Å². The summed E-state index contributed by atoms with van der Waals surface area (Å²) in [5.41, 5.74) is 6.25. The minimum absolute atomic E-state index is 0.0798. The van der Waals surface area contributed by atoms with E-state index in [1.807, 2.05) is 24.3 Å². The maximum Gasteiger partial charge on any atom is 0.251 e. The Kier molecular flexibility index (Phi) is 6.61. The smallest absolute Gasteiger partial charge is 0.251 e. The lowest BCUT2D eigenvalue weighted by Gasteiger charge is -2.36. The van der Waals surface area contributed by atoms with Gasteiger partial charge in [0.15, 0.2) is 0 Å². The molecule has 6 heteroatoms. The highest BCUT2D eigenvalue weighted by Gasteiger charge is 2.30. The van der Waals surface area contributed by atoms with Crippen molar-refractivity contribution in [3.05, 3.63) is 29.8 Å². The maximum atomic E-state index is 12.7. The van der Waals surface area contributed by atoms with Crippen LogP contribution in [0.4, 0.5) is 0 Å². The monoisotopic (exact) mass is 334 g/mol. The third kappa shape index (κ3) is 4.96. The molecule has 0 aliphatic carbocycles. The number of nitrogens with two attached hydrogens (primary N) is 1. The van der Waals surface area contributed by atoms with Gasteiger partial charge in [-0.2, -0.15) is 0 Å². The van der Waals surface area contributed by atoms with E-state index in [1.54, 1.807) is 18.9 Å². The second-order valence-corrected chi connectivity index (χ2v) is 6.16. The highest BCUT2D eigenvalue weighted by Crippen LogP contribution is 2.21. The molecule has 1 aromatic carbocycles. The van der Waals surface area contributed by atoms with Gasteiger partial charge in [-0.3, -0.25) is 9.59 Å². The van der Waals surface area contributed by atoms with Gasteiger partial charge in [-0.1, -0.05) is 12.1 Å². The first kappa shape index (κ1) is 18.3. The van der Waals surface area contributed by atoms with Gasteiger partial charge in [0, 0.05) is 19.0 Å². The predicted octanol–water partition coefficient (Wildman–Crippen LogP) is 1.86. The first-order chi connectivity index (χ1) is 11.5. The molecule has 6 nitrogen and oxygen atoms in total. The number of nitrogens with zero attached hydrogens (tertiary/aromatic N) is 1. The third-order valence-electron chi connectivity index (χ3n) is 4.33. The first-order valence-electron chi connectivity index (χ1n) is 8.34. The zero-order valence-electron chi connectivity index (χ0n) is 14.4. The lowest BCUT2D eigenvalue weighted by atomic mass is 9.98. The number of carbonyl (C=O) groups is 2. The van der Waals surface area contributed by atoms with Gasteiger partial charge >= 0.3 is 0 Å². The van der Waals surface area contributed by atoms with Gasteiger partial charge in [0.05, 0.1) is 13.7 Å². The Morgan fingerprint density at radius 2 is 2.17 bits per heavy atom. The fourth-order valence-electron chi connectivity index (χ4n) is 3.02. The van der Waals surface area contributed by atoms with Gasteiger partial charge in [0.1, 0.15) is 11.9 Å². The van der Waals surface area contributed by atoms with Crippen LogP contribution in [-0.2, 0) is 20.9 Å². The molecule has 1 aromatic rings. The normalized spacial score (nSPS) is 18.9. The van der Waals surface area contributed by atoms with Crippen LogP contribution in [0.5, 0.6) is 5.75 Å². The Morgan fingerprint density at radius 3 is 2.88 bits per heavy atom. The van der Waals surface area contributed by atoms with Gasteiger partial charge in [0.2, 0.25) is 5.91 Å². The number of hydrogen-bond donors (Lipinski definition) is 1. The van der Waals surface area contributed by atoms with Crippen LogP contribution in [0.2, 0.25) is 0 Å². The molecule has 0 saturated carbocycles. The van der Waals surface area contributed by atoms with Crippen molar-refractivity contribution >= 4 is 11.8 Å². The number of rotatable bonds is 7. The molecule has 1 aliphatic rings. The molecule has 1 heterocycles. The van der Waals surface area contributed by atoms with Gasteiger partial charge in [0.25, 0.3) is 5.91 Å². The Hall–Kier alpha value is -2.08. The van der Waals surface area contributed by atoms with Crippen molar-refractivity contribution in [2.75, 3.05) is 13.7 Å². The molecular formula is C18H26N2O4. The topological polar surface area (TPSA) is 81.9 Å². The van der Waals surface area contributed by atoms with Gasteiger partial charge < -0.3 is 20.1 Å². The summed E-state index contributed by atoms with van der Waals surface area (Å²) in [4.78, 5) is 25.6. The van der Waals surface area contributed by atoms with E-state index in [-0.39, 0.29) is 24.3 Å². The lowest BCUT2D eigenvalue weighted by molar-refractivity contribution is -0.147. The summed E-state index contributed by atoms with van der Waals surface area (Å²) in [6, 6.07) is 7.45. The quantitative estimate of drug-likeness (QED) is 0.825. The predicted molar refractivity (Wildman–Crippen MR) is 90.4 cm³/mol. The number of methoxy groups -OCH3 is 1. The molecule has 24 heavy (non-hydrogen) atoms. The molecule has 1 saturated heterocycles. The number of benzene rings is 1. The molecule has 1 fully saturated rings. The fourth-order valence-corrected chi connectivity index (χ4v) is 3.02. The summed E-state index contributed by atoms with van der Waals surface area (Å²) in [7, 11) is 1.61. The minimum atomic E-state index is -0.565. The first-order valence-corrected chi connectivity index (χ1v) is 8.34. The average Bonchev–Trinajstić information content (AvgIpc) is 2.59. The van der Waals surface area contributed by atoms with Gasteiger partial charge in [-0.15, -0.1) is 0 Å². The SMILES string of the molecule is COc1cccc(COC(C)C(=O)N2CCCCC2CC(N)=O)c1. The van der Waals surface area contributed by atoms with Crippen molar-refractivity contribution in [1.29, 1.82) is 0 Å².